The van der Waals surface area contributed by atoms with Gasteiger partial charge in [0, 0.05) is 35.6 Å². The lowest BCUT2D eigenvalue weighted by molar-refractivity contribution is -0.660. The van der Waals surface area contributed by atoms with E-state index < -0.39 is 0 Å². The quantitative estimate of drug-likeness (QED) is 0.241. The van der Waals surface area contributed by atoms with Gasteiger partial charge in [-0.05, 0) is 67.1 Å². The fraction of sp³-hybridized carbons (Fsp3) is 0.273. The third-order valence-electron chi connectivity index (χ3n) is 8.12. The molecule has 0 N–H and O–H groups in total. The molecule has 0 spiro atoms. The molecule has 0 saturated heterocycles. The van der Waals surface area contributed by atoms with Crippen LogP contribution in [0.15, 0.2) is 77.3 Å². The van der Waals surface area contributed by atoms with Crippen LogP contribution in [0.1, 0.15) is 54.7 Å². The number of nitrogens with zero attached hydrogens (tertiary/aromatic N) is 3. The third-order valence-corrected chi connectivity index (χ3v) is 8.12. The van der Waals surface area contributed by atoms with Crippen molar-refractivity contribution < 1.29 is 8.98 Å². The maximum Gasteiger partial charge on any atom is 0.216 e. The Labute approximate surface area is 218 Å². The Kier molecular flexibility index (Phi) is 5.93. The van der Waals surface area contributed by atoms with Crippen LogP contribution in [-0.2, 0) is 7.05 Å². The Morgan fingerprint density at radius 1 is 0.892 bits per heavy atom. The Hall–Kier alpha value is -4.10. The number of hydrogen-bond acceptors (Lipinski definition) is 3. The first-order valence-corrected chi connectivity index (χ1v) is 13.2. The number of fused-ring (bicyclic) bond motifs is 3. The first kappa shape index (κ1) is 23.3. The van der Waals surface area contributed by atoms with Crippen molar-refractivity contribution in [2.45, 2.75) is 44.9 Å². The number of aryl methyl sites for hydroxylation is 2. The molecule has 1 aliphatic rings. The zero-order chi connectivity index (χ0) is 25.5. The van der Waals surface area contributed by atoms with Crippen molar-refractivity contribution in [1.82, 2.24) is 0 Å². The lowest BCUT2D eigenvalue weighted by Crippen LogP contribution is -2.30. The van der Waals surface area contributed by atoms with E-state index in [1.165, 1.54) is 37.7 Å². The molecule has 0 aliphatic heterocycles. The molecule has 0 radical (unpaired) electrons. The number of furan rings is 1. The maximum atomic E-state index is 10.1. The van der Waals surface area contributed by atoms with Gasteiger partial charge in [0.25, 0.3) is 0 Å². The van der Waals surface area contributed by atoms with Gasteiger partial charge in [-0.2, -0.15) is 5.26 Å². The van der Waals surface area contributed by atoms with E-state index in [0.29, 0.717) is 11.5 Å². The second kappa shape index (κ2) is 9.41. The molecule has 1 saturated carbocycles. The molecule has 2 heterocycles. The minimum absolute atomic E-state index is 0.606. The van der Waals surface area contributed by atoms with E-state index in [0.717, 1.165) is 50.1 Å². The zero-order valence-corrected chi connectivity index (χ0v) is 21.8. The molecule has 0 amide bonds. The molecule has 2 aromatic heterocycles. The van der Waals surface area contributed by atoms with Crippen LogP contribution in [-0.4, -0.2) is 7.05 Å². The predicted octanol–water partition coefficient (Wildman–Crippen LogP) is 8.07. The Balaban J connectivity index is 1.51. The summed E-state index contributed by atoms with van der Waals surface area (Å²) in [7, 11) is 4.09. The van der Waals surface area contributed by atoms with Crippen molar-refractivity contribution in [2.24, 2.45) is 7.05 Å². The van der Waals surface area contributed by atoms with Crippen molar-refractivity contribution in [2.75, 3.05) is 11.9 Å². The Morgan fingerprint density at radius 3 is 2.35 bits per heavy atom. The molecular formula is C33H32N3O+. The minimum atomic E-state index is 0.606. The maximum absolute atomic E-state index is 10.1. The number of hydrogen-bond donors (Lipinski definition) is 0. The van der Waals surface area contributed by atoms with Gasteiger partial charge < -0.3 is 9.32 Å². The second-order valence-electron chi connectivity index (χ2n) is 10.4. The normalized spacial score (nSPS) is 14.2. The van der Waals surface area contributed by atoms with E-state index in [2.05, 4.69) is 84.2 Å². The van der Waals surface area contributed by atoms with E-state index in [1.807, 2.05) is 25.2 Å². The summed E-state index contributed by atoms with van der Waals surface area (Å²) in [4.78, 5) is 2.10. The van der Waals surface area contributed by atoms with E-state index >= 15 is 0 Å². The highest BCUT2D eigenvalue weighted by atomic mass is 16.3. The number of anilines is 2. The first-order chi connectivity index (χ1) is 18.1. The molecule has 37 heavy (non-hydrogen) atoms. The van der Waals surface area contributed by atoms with Crippen LogP contribution >= 0.6 is 0 Å². The van der Waals surface area contributed by atoms with Gasteiger partial charge in [0.05, 0.1) is 11.1 Å². The Bertz CT molecular complexity index is 1650. The highest BCUT2D eigenvalue weighted by molar-refractivity contribution is 6.13. The van der Waals surface area contributed by atoms with Gasteiger partial charge in [0.1, 0.15) is 24.4 Å². The van der Waals surface area contributed by atoms with E-state index in [9.17, 15) is 5.26 Å². The summed E-state index contributed by atoms with van der Waals surface area (Å²) in [6, 6.07) is 25.8. The van der Waals surface area contributed by atoms with E-state index in [1.54, 1.807) is 0 Å². The van der Waals surface area contributed by atoms with Crippen molar-refractivity contribution in [3.63, 3.8) is 0 Å². The SMILES string of the molecule is Cc1ccc2c(oc3c(N(C)c4ccc(C5CCCCC5)cc4)c(C#N)ccc32)c1-c1cccc[n+]1C. The van der Waals surface area contributed by atoms with E-state index in [-0.39, 0.29) is 0 Å². The number of rotatable bonds is 4. The summed E-state index contributed by atoms with van der Waals surface area (Å²) in [6.07, 6.45) is 8.64. The molecule has 6 rings (SSSR count). The van der Waals surface area contributed by atoms with Gasteiger partial charge in [-0.15, -0.1) is 0 Å². The van der Waals surface area contributed by atoms with Crippen molar-refractivity contribution in [1.29, 1.82) is 5.26 Å². The fourth-order valence-electron chi connectivity index (χ4n) is 6.05. The van der Waals surface area contributed by atoms with Crippen LogP contribution in [0, 0.1) is 18.3 Å². The molecule has 1 fully saturated rings. The van der Waals surface area contributed by atoms with Crippen LogP contribution < -0.4 is 9.47 Å². The van der Waals surface area contributed by atoms with Gasteiger partial charge in [-0.1, -0.05) is 43.5 Å². The standard InChI is InChI=1S/C33H32N3O/c1-22-12-18-27-28-19-15-25(21-34)31(33(28)37-32(27)30(22)29-11-7-8-20-35(29)2)36(3)26-16-13-24(14-17-26)23-9-5-4-6-10-23/h7-8,11-20,23H,4-6,9-10H2,1-3H3/q+1. The molecular weight excluding hydrogens is 454 g/mol. The fourth-order valence-corrected chi connectivity index (χ4v) is 6.05. The Morgan fingerprint density at radius 2 is 1.62 bits per heavy atom. The highest BCUT2D eigenvalue weighted by Crippen LogP contribution is 2.43. The third kappa shape index (κ3) is 3.96. The number of aromatic nitrogens is 1. The molecule has 3 aromatic carbocycles. The lowest BCUT2D eigenvalue weighted by atomic mass is 9.84. The smallest absolute Gasteiger partial charge is 0.216 e. The minimum Gasteiger partial charge on any atom is -0.453 e. The second-order valence-corrected chi connectivity index (χ2v) is 10.4. The molecule has 0 unspecified atom stereocenters. The average Bonchev–Trinajstić information content (AvgIpc) is 3.32. The van der Waals surface area contributed by atoms with Crippen LogP contribution in [0.3, 0.4) is 0 Å². The van der Waals surface area contributed by atoms with Gasteiger partial charge in [0.15, 0.2) is 11.8 Å². The molecule has 0 atom stereocenters. The molecule has 4 nitrogen and oxygen atoms in total. The largest absolute Gasteiger partial charge is 0.453 e. The number of benzene rings is 3. The average molecular weight is 487 g/mol. The molecule has 0 bridgehead atoms. The van der Waals surface area contributed by atoms with Crippen molar-refractivity contribution in [3.8, 4) is 17.3 Å². The topological polar surface area (TPSA) is 44.1 Å². The van der Waals surface area contributed by atoms with Gasteiger partial charge >= 0.3 is 0 Å². The monoisotopic (exact) mass is 486 g/mol. The van der Waals surface area contributed by atoms with Crippen molar-refractivity contribution in [3.05, 3.63) is 89.6 Å². The molecule has 1 aliphatic carbocycles. The van der Waals surface area contributed by atoms with Crippen LogP contribution in [0.2, 0.25) is 0 Å². The summed E-state index contributed by atoms with van der Waals surface area (Å²) >= 11 is 0. The summed E-state index contributed by atoms with van der Waals surface area (Å²) in [5.41, 5.74) is 8.83. The predicted molar refractivity (Wildman–Crippen MR) is 150 cm³/mol. The summed E-state index contributed by atoms with van der Waals surface area (Å²) < 4.78 is 8.82. The molecule has 4 heteroatoms. The summed E-state index contributed by atoms with van der Waals surface area (Å²) in [5, 5.41) is 12.1. The van der Waals surface area contributed by atoms with Gasteiger partial charge in [-0.3, -0.25) is 0 Å². The lowest BCUT2D eigenvalue weighted by Gasteiger charge is -2.24. The van der Waals surface area contributed by atoms with Crippen LogP contribution in [0.4, 0.5) is 11.4 Å². The van der Waals surface area contributed by atoms with Crippen molar-refractivity contribution >= 4 is 33.3 Å². The molecule has 184 valence electrons. The molecule has 5 aromatic rings. The van der Waals surface area contributed by atoms with Crippen LogP contribution in [0.5, 0.6) is 0 Å². The summed E-state index contributed by atoms with van der Waals surface area (Å²) in [5.74, 6) is 0.669. The number of nitriles is 1. The van der Waals surface area contributed by atoms with Gasteiger partial charge in [-0.25, -0.2) is 4.57 Å². The highest BCUT2D eigenvalue weighted by Gasteiger charge is 2.24. The van der Waals surface area contributed by atoms with Gasteiger partial charge in [0.2, 0.25) is 5.69 Å². The number of pyridine rings is 1. The summed E-state index contributed by atoms with van der Waals surface area (Å²) in [6.45, 7) is 2.12. The first-order valence-electron chi connectivity index (χ1n) is 13.2. The zero-order valence-electron chi connectivity index (χ0n) is 21.8. The van der Waals surface area contributed by atoms with Crippen LogP contribution in [0.25, 0.3) is 33.2 Å². The van der Waals surface area contributed by atoms with E-state index in [4.69, 9.17) is 4.42 Å².